The van der Waals surface area contributed by atoms with E-state index in [9.17, 15) is 41.5 Å². The lowest BCUT2D eigenvalue weighted by Crippen LogP contribution is -2.53. The van der Waals surface area contributed by atoms with Crippen molar-refractivity contribution in [1.82, 2.24) is 45.3 Å². The lowest BCUT2D eigenvalue weighted by Gasteiger charge is -2.32. The summed E-state index contributed by atoms with van der Waals surface area (Å²) in [6.07, 6.45) is 8.92. The number of ether oxygens (including phenoxy) is 7. The van der Waals surface area contributed by atoms with Crippen LogP contribution in [-0.4, -0.2) is 166 Å². The maximum Gasteiger partial charge on any atom is 0.410 e. The molecule has 27 heteroatoms. The van der Waals surface area contributed by atoms with E-state index >= 15 is 0 Å². The van der Waals surface area contributed by atoms with Crippen LogP contribution in [0, 0.1) is 29.6 Å². The van der Waals surface area contributed by atoms with Gasteiger partial charge in [0.25, 0.3) is 0 Å². The summed E-state index contributed by atoms with van der Waals surface area (Å²) in [5.41, 5.74) is 14.8. The number of aromatic nitrogens is 4. The predicted octanol–water partition coefficient (Wildman–Crippen LogP) is 17.5. The van der Waals surface area contributed by atoms with Crippen molar-refractivity contribution >= 4 is 74.4 Å². The number of carbonyl (C=O) groups is 5. The molecule has 0 unspecified atom stereocenters. The van der Waals surface area contributed by atoms with Crippen molar-refractivity contribution in [3.63, 3.8) is 0 Å². The fourth-order valence-electron chi connectivity index (χ4n) is 17.8. The number of nitrogens with zero attached hydrogens (tertiary/aromatic N) is 7. The summed E-state index contributed by atoms with van der Waals surface area (Å²) in [6, 6.07) is 26.5. The largest absolute Gasteiger partial charge is 0.488 e. The molecule has 4 N–H and O–H groups in total. The van der Waals surface area contributed by atoms with E-state index < -0.39 is 55.2 Å². The Bertz CT molecular complexity index is 5070. The van der Waals surface area contributed by atoms with E-state index in [0.29, 0.717) is 50.6 Å². The highest BCUT2D eigenvalue weighted by Gasteiger charge is 2.46. The van der Waals surface area contributed by atoms with Crippen LogP contribution in [0.1, 0.15) is 161 Å². The summed E-state index contributed by atoms with van der Waals surface area (Å²) in [5, 5.41) is 9.46. The number of alkyl carbamates (subject to hydrolysis) is 2. The molecule has 8 aliphatic rings. The Morgan fingerprint density at radius 2 is 1.07 bits per heavy atom. The lowest BCUT2D eigenvalue weighted by atomic mass is 9.90. The number of aliphatic imine (C=N–C) groups is 2. The number of likely N-dealkylation sites (tertiary alicyclic amines) is 3. The SMILES string of the molecule is C.COC(=O)N[C@H](C(=O)N1C[C@@H](COC(F)F)C[C@H]1C1=Nc2ccc3cc4c(cc3c2C1)OCc1cc(-c2cnc([C@@H]3CC[C@H](C)N3C(=O)[C@@H](NC(=O)OC)C(C)C)[nH]2)ccc1-4)C(C)C.C[C@H]1CC[C@@H](c2ncc(-c3ccc4c(c3)COc3cc5c6c(ccc5cc3-4)N=C([C@@H]3C[C@H](COC(F)F)CN3C(=O)OC(C)(C)C)C6)[nH]2)C1. The molecule has 0 radical (unpaired) electrons. The molecule has 0 spiro atoms. The standard InChI is InChI=1S/C47H55F2N7O8.C39H42F2N4O4.CH4/c1-23(2)40(53-46(59)61-6)43(57)55-20-26(21-64-45(48)49)14-38(55)35-17-32-31-18-39-33(16-27(31)10-12-34(32)51-35)30-11-9-28(15-29(30)22-63-39)36-19-50-42(52-36)37-13-8-25(5)56(37)44(58)41(24(3)4)54-47(60)62-7;1-21-5-6-25(11-21)36-42-17-33(44-36)24-7-9-27-26(13-24)20-47-35-16-28-23(14-30(27)35)8-10-31-29(28)15-32(43-31)34-12-22(19-48-37(40)41)18-45(34)38(46)49-39(2,3)4;/h9-12,15-16,18-19,23-26,37-38,40-41,45H,8,13-14,17,20-22H2,1-7H3,(H,50,52)(H,53,59)(H,54,60);7-10,13-14,16-17,21-22,25,34,37H,5-6,11-12,15,18-20H2,1-4H3,(H,42,44);1H4/t25-,26-,37-,38-,40-,41-;21-,22-,25+,34-;/m00./s1. The van der Waals surface area contributed by atoms with Crippen LogP contribution in [0.2, 0.25) is 0 Å². The monoisotopic (exact) mass is 1570 g/mol. The summed E-state index contributed by atoms with van der Waals surface area (Å²) in [5.74, 6) is 3.08. The third-order valence-corrected chi connectivity index (χ3v) is 23.5. The van der Waals surface area contributed by atoms with E-state index in [1.54, 1.807) is 16.0 Å². The zero-order valence-corrected chi connectivity index (χ0v) is 65.5. The molecule has 1 aliphatic carbocycles. The molecule has 1 saturated carbocycles. The van der Waals surface area contributed by atoms with Gasteiger partial charge in [0, 0.05) is 72.3 Å². The molecule has 7 aliphatic heterocycles. The van der Waals surface area contributed by atoms with Gasteiger partial charge in [-0.1, -0.05) is 78.4 Å². The van der Waals surface area contributed by atoms with Gasteiger partial charge >= 0.3 is 31.5 Å². The average molecular weight is 1570 g/mol. The van der Waals surface area contributed by atoms with Crippen LogP contribution < -0.4 is 20.1 Å². The number of hydrogen-bond acceptors (Lipinski definition) is 16. The normalized spacial score (nSPS) is 21.7. The summed E-state index contributed by atoms with van der Waals surface area (Å²) < 4.78 is 89.4. The van der Waals surface area contributed by atoms with Gasteiger partial charge in [-0.3, -0.25) is 24.5 Å². The van der Waals surface area contributed by atoms with Gasteiger partial charge in [-0.25, -0.2) is 24.4 Å². The highest BCUT2D eigenvalue weighted by Crippen LogP contribution is 2.49. The molecule has 3 saturated heterocycles. The zero-order chi connectivity index (χ0) is 79.6. The number of benzene rings is 6. The van der Waals surface area contributed by atoms with E-state index in [1.807, 2.05) is 96.8 Å². The van der Waals surface area contributed by atoms with Gasteiger partial charge in [0.15, 0.2) is 0 Å². The smallest absolute Gasteiger partial charge is 0.410 e. The van der Waals surface area contributed by atoms with Crippen molar-refractivity contribution in [1.29, 1.82) is 0 Å². The first kappa shape index (κ1) is 80.2. The second-order valence-corrected chi connectivity index (χ2v) is 33.1. The van der Waals surface area contributed by atoms with Gasteiger partial charge < -0.3 is 63.6 Å². The highest BCUT2D eigenvalue weighted by molar-refractivity contribution is 6.08. The number of nitrogens with one attached hydrogen (secondary N) is 4. The molecule has 10 atom stereocenters. The first-order valence-electron chi connectivity index (χ1n) is 39.2. The van der Waals surface area contributed by atoms with E-state index in [1.165, 1.54) is 33.5 Å². The van der Waals surface area contributed by atoms with Crippen LogP contribution in [-0.2, 0) is 59.3 Å². The van der Waals surface area contributed by atoms with Crippen LogP contribution in [0.3, 0.4) is 0 Å². The van der Waals surface area contributed by atoms with E-state index in [0.717, 1.165) is 147 Å². The third-order valence-electron chi connectivity index (χ3n) is 23.5. The van der Waals surface area contributed by atoms with Gasteiger partial charge in [-0.05, 0) is 205 Å². The number of amides is 5. The van der Waals surface area contributed by atoms with Crippen molar-refractivity contribution in [3.05, 3.63) is 131 Å². The summed E-state index contributed by atoms with van der Waals surface area (Å²) in [4.78, 5) is 97.2. The van der Waals surface area contributed by atoms with E-state index in [-0.39, 0.29) is 87.3 Å². The molecule has 5 amide bonds. The predicted molar refractivity (Wildman–Crippen MR) is 426 cm³/mol. The summed E-state index contributed by atoms with van der Waals surface area (Å²) in [7, 11) is 2.51. The Morgan fingerprint density at radius 3 is 1.55 bits per heavy atom. The zero-order valence-electron chi connectivity index (χ0n) is 65.5. The number of halogens is 4. The Hall–Kier alpha value is -10.4. The minimum Gasteiger partial charge on any atom is -0.488 e. The average Bonchev–Trinajstić information content (AvgIpc) is 1.42. The summed E-state index contributed by atoms with van der Waals surface area (Å²) in [6.45, 7) is 12.3. The molecule has 6 aromatic carbocycles. The van der Waals surface area contributed by atoms with Crippen molar-refractivity contribution in [2.24, 2.45) is 39.6 Å². The van der Waals surface area contributed by atoms with Gasteiger partial charge in [-0.2, -0.15) is 17.6 Å². The number of aromatic amines is 2. The van der Waals surface area contributed by atoms with Crippen LogP contribution in [0.4, 0.5) is 43.3 Å². The number of alkyl halides is 4. The van der Waals surface area contributed by atoms with E-state index in [2.05, 4.69) is 86.9 Å². The lowest BCUT2D eigenvalue weighted by molar-refractivity contribution is -0.139. The number of methoxy groups -OCH3 is 2. The Labute approximate surface area is 660 Å². The molecule has 0 bridgehead atoms. The van der Waals surface area contributed by atoms with Crippen molar-refractivity contribution in [2.75, 3.05) is 40.5 Å². The van der Waals surface area contributed by atoms with Crippen LogP contribution >= 0.6 is 0 Å². The van der Waals surface area contributed by atoms with Gasteiger partial charge in [0.2, 0.25) is 11.8 Å². The number of imidazole rings is 2. The molecule has 604 valence electrons. The third kappa shape index (κ3) is 16.4. The van der Waals surface area contributed by atoms with Crippen molar-refractivity contribution in [3.8, 4) is 56.3 Å². The molecule has 16 rings (SSSR count). The van der Waals surface area contributed by atoms with Gasteiger partial charge in [-0.15, -0.1) is 0 Å². The van der Waals surface area contributed by atoms with Crippen LogP contribution in [0.5, 0.6) is 11.5 Å². The van der Waals surface area contributed by atoms with Crippen molar-refractivity contribution in [2.45, 2.75) is 202 Å². The fourth-order valence-corrected chi connectivity index (χ4v) is 17.8. The maximum atomic E-state index is 14.1. The molecule has 4 fully saturated rings. The minimum atomic E-state index is -2.93. The number of rotatable bonds is 18. The van der Waals surface area contributed by atoms with Crippen molar-refractivity contribution < 1.29 is 74.7 Å². The molecule has 2 aromatic heterocycles. The van der Waals surface area contributed by atoms with Crippen LogP contribution in [0.15, 0.2) is 107 Å². The maximum absolute atomic E-state index is 14.1. The first-order chi connectivity index (χ1) is 54.1. The number of H-pyrrole nitrogens is 2. The highest BCUT2D eigenvalue weighted by atomic mass is 19.3. The van der Waals surface area contributed by atoms with E-state index in [4.69, 9.17) is 48.4 Å². The Morgan fingerprint density at radius 1 is 0.579 bits per heavy atom. The Kier molecular flexibility index (Phi) is 23.1. The quantitative estimate of drug-likeness (QED) is 0.0460. The minimum absolute atomic E-state index is 0. The molecule has 9 heterocycles. The fraction of sp³-hybridized carbons (Fsp3) is 0.483. The number of hydrogen-bond donors (Lipinski definition) is 4. The molecular weight excluding hydrogens is 1470 g/mol. The number of carbonyl (C=O) groups excluding carboxylic acids is 5. The Balaban J connectivity index is 0.000000193. The molecule has 23 nitrogen and oxygen atoms in total. The molecular formula is C87H101F4N11O12. The van der Waals surface area contributed by atoms with Gasteiger partial charge in [0.05, 0.1) is 80.7 Å². The number of fused-ring (bicyclic) bond motifs is 12. The topological polar surface area (TPSA) is 266 Å². The van der Waals surface area contributed by atoms with Gasteiger partial charge in [0.1, 0.15) is 54.0 Å². The van der Waals surface area contributed by atoms with Crippen LogP contribution in [0.25, 0.3) is 66.3 Å². The first-order valence-corrected chi connectivity index (χ1v) is 39.2. The molecule has 114 heavy (non-hydrogen) atoms. The summed E-state index contributed by atoms with van der Waals surface area (Å²) >= 11 is 0. The second-order valence-electron chi connectivity index (χ2n) is 33.1. The second kappa shape index (κ2) is 32.8. The molecule has 8 aromatic rings.